The predicted molar refractivity (Wildman–Crippen MR) is 102 cm³/mol. The third-order valence-corrected chi connectivity index (χ3v) is 10.7. The third kappa shape index (κ3) is 3.26. The van der Waals surface area contributed by atoms with Gasteiger partial charge in [-0.3, -0.25) is 4.05 Å². The molecule has 22 heavy (non-hydrogen) atoms. The maximum Gasteiger partial charge on any atom is 1.00 e. The van der Waals surface area contributed by atoms with Crippen LogP contribution in [0.3, 0.4) is 0 Å². The fourth-order valence-electron chi connectivity index (χ4n) is 2.79. The van der Waals surface area contributed by atoms with E-state index in [1.54, 1.807) is 0 Å². The van der Waals surface area contributed by atoms with Gasteiger partial charge in [0.1, 0.15) is 0 Å². The van der Waals surface area contributed by atoms with Crippen molar-refractivity contribution in [3.8, 4) is 0 Å². The third-order valence-electron chi connectivity index (χ3n) is 3.85. The summed E-state index contributed by atoms with van der Waals surface area (Å²) in [6.07, 6.45) is 0. The second-order valence-corrected chi connectivity index (χ2v) is 10.4. The molecule has 3 rings (SSSR count). The Kier molecular flexibility index (Phi) is 6.52. The van der Waals surface area contributed by atoms with Crippen LogP contribution in [0.1, 0.15) is 0 Å². The normalized spacial score (nSPS) is 10.8. The fraction of sp³-hybridized carbons (Fsp3) is 0. The number of benzene rings is 3. The molecule has 0 fully saturated rings. The van der Waals surface area contributed by atoms with E-state index in [0.717, 1.165) is 0 Å². The van der Waals surface area contributed by atoms with Gasteiger partial charge < -0.3 is 22.6 Å². The molecule has 3 aromatic carbocycles. The summed E-state index contributed by atoms with van der Waals surface area (Å²) in [6, 6.07) is 32.7. The van der Waals surface area contributed by atoms with Crippen molar-refractivity contribution in [2.45, 2.75) is 0 Å². The van der Waals surface area contributed by atoms with Gasteiger partial charge in [-0.1, -0.05) is 107 Å². The minimum Gasteiger partial charge on any atom is -0.316 e. The van der Waals surface area contributed by atoms with Crippen LogP contribution in [-0.2, 0) is 0 Å². The molecule has 0 aromatic heterocycles. The number of halogens is 1. The topological polar surface area (TPSA) is 0 Å². The molecule has 3 aromatic rings. The van der Waals surface area contributed by atoms with E-state index in [-0.39, 0.29) is 18.9 Å². The summed E-state index contributed by atoms with van der Waals surface area (Å²) in [5.74, 6) is 0. The number of hydrogen-bond acceptors (Lipinski definition) is 0. The van der Waals surface area contributed by atoms with Crippen LogP contribution < -0.4 is 34.4 Å². The average molecular weight is 406 g/mol. The molecule has 0 aliphatic heterocycles. The summed E-state index contributed by atoms with van der Waals surface area (Å²) in [5.41, 5.74) is 0. The molecule has 0 heterocycles. The summed E-state index contributed by atoms with van der Waals surface area (Å²) < 4.78 is 2.41. The van der Waals surface area contributed by atoms with Gasteiger partial charge in [-0.25, -0.2) is 0 Å². The molecular weight excluding hydrogens is 390 g/mol. The molecule has 3 heteroatoms. The van der Waals surface area contributed by atoms with E-state index in [2.05, 4.69) is 118 Å². The zero-order valence-electron chi connectivity index (χ0n) is 12.6. The summed E-state index contributed by atoms with van der Waals surface area (Å²) in [5, 5.41) is 4.28. The Morgan fingerprint density at radius 3 is 1.05 bits per heavy atom. The van der Waals surface area contributed by atoms with E-state index in [9.17, 15) is 0 Å². The van der Waals surface area contributed by atoms with E-state index >= 15 is 0 Å². The molecule has 0 unspecified atom stereocenters. The van der Waals surface area contributed by atoms with Crippen molar-refractivity contribution in [3.63, 3.8) is 0 Å². The Hall–Kier alpha value is -0.796. The molecule has 0 spiro atoms. The Morgan fingerprint density at radius 2 is 0.818 bits per heavy atom. The monoisotopic (exact) mass is 406 g/mol. The first-order chi connectivity index (χ1) is 10.4. The molecular formula is C19H16ILiSi. The van der Waals surface area contributed by atoms with Crippen molar-refractivity contribution in [2.24, 2.45) is 0 Å². The summed E-state index contributed by atoms with van der Waals surface area (Å²) in [4.78, 5) is 0. The van der Waals surface area contributed by atoms with E-state index in [4.69, 9.17) is 0 Å². The average Bonchev–Trinajstić information content (AvgIpc) is 2.59. The van der Waals surface area contributed by atoms with E-state index in [0.29, 0.717) is 0 Å². The minimum atomic E-state index is -2.04. The molecule has 104 valence electrons. The summed E-state index contributed by atoms with van der Waals surface area (Å²) in [7, 11) is -2.04. The van der Waals surface area contributed by atoms with Crippen LogP contribution in [0.25, 0.3) is 0 Å². The van der Waals surface area contributed by atoms with E-state index in [1.165, 1.54) is 15.6 Å². The SMILES string of the molecule is I[CH-][Si](c1ccccc1)(c1ccccc1)c1ccccc1.[Li+]. The molecule has 0 saturated heterocycles. The predicted octanol–water partition coefficient (Wildman–Crippen LogP) is 0.297. The van der Waals surface area contributed by atoms with Gasteiger partial charge in [-0.15, -0.1) is 0 Å². The van der Waals surface area contributed by atoms with Crippen LogP contribution in [0, 0.1) is 4.05 Å². The molecule has 0 aliphatic rings. The second-order valence-electron chi connectivity index (χ2n) is 5.02. The van der Waals surface area contributed by atoms with Crippen molar-refractivity contribution >= 4 is 46.2 Å². The van der Waals surface area contributed by atoms with Gasteiger partial charge in [0.2, 0.25) is 0 Å². The molecule has 0 amide bonds. The van der Waals surface area contributed by atoms with Crippen molar-refractivity contribution in [1.29, 1.82) is 0 Å². The van der Waals surface area contributed by atoms with Gasteiger partial charge >= 0.3 is 18.9 Å². The molecule has 0 N–H and O–H groups in total. The molecule has 0 radical (unpaired) electrons. The molecule has 0 atom stereocenters. The number of hydrogen-bond donors (Lipinski definition) is 0. The Morgan fingerprint density at radius 1 is 0.545 bits per heavy atom. The molecule has 0 nitrogen and oxygen atoms in total. The molecule has 0 bridgehead atoms. The van der Waals surface area contributed by atoms with Gasteiger partial charge in [0, 0.05) is 8.07 Å². The zero-order valence-corrected chi connectivity index (χ0v) is 15.8. The van der Waals surface area contributed by atoms with Gasteiger partial charge in [-0.05, 0) is 0 Å². The maximum atomic E-state index is 2.45. The largest absolute Gasteiger partial charge is 1.00 e. The zero-order chi connectivity index (χ0) is 14.5. The van der Waals surface area contributed by atoms with Crippen molar-refractivity contribution < 1.29 is 18.9 Å². The first-order valence-corrected chi connectivity index (χ1v) is 10.3. The van der Waals surface area contributed by atoms with E-state index < -0.39 is 8.07 Å². The number of rotatable bonds is 4. The van der Waals surface area contributed by atoms with Crippen LogP contribution in [0.2, 0.25) is 0 Å². The molecule has 0 saturated carbocycles. The first-order valence-electron chi connectivity index (χ1n) is 6.99. The van der Waals surface area contributed by atoms with Crippen LogP contribution in [-0.4, -0.2) is 8.07 Å². The maximum absolute atomic E-state index is 2.45. The second kappa shape index (κ2) is 8.17. The van der Waals surface area contributed by atoms with E-state index in [1.807, 2.05) is 0 Å². The Balaban J connectivity index is 0.00000176. The van der Waals surface area contributed by atoms with Crippen LogP contribution in [0.4, 0.5) is 0 Å². The standard InChI is InChI=1S/C19H16ISi.Li/c20-16-21(17-10-4-1-5-11-17,18-12-6-2-7-13-18)19-14-8-3-9-15-19;/h1-16H;/q-1;+1. The van der Waals surface area contributed by atoms with Crippen LogP contribution in [0.5, 0.6) is 0 Å². The Labute approximate surface area is 159 Å². The molecule has 0 aliphatic carbocycles. The fourth-order valence-corrected chi connectivity index (χ4v) is 9.56. The van der Waals surface area contributed by atoms with Gasteiger partial charge in [-0.2, -0.15) is 0 Å². The first kappa shape index (κ1) is 17.6. The summed E-state index contributed by atoms with van der Waals surface area (Å²) >= 11 is 2.45. The minimum absolute atomic E-state index is 0. The van der Waals surface area contributed by atoms with Crippen molar-refractivity contribution in [1.82, 2.24) is 0 Å². The van der Waals surface area contributed by atoms with Crippen molar-refractivity contribution in [3.05, 3.63) is 95.0 Å². The van der Waals surface area contributed by atoms with Gasteiger partial charge in [0.05, 0.1) is 0 Å². The van der Waals surface area contributed by atoms with Crippen LogP contribution in [0.15, 0.2) is 91.0 Å². The van der Waals surface area contributed by atoms with Gasteiger partial charge in [0.15, 0.2) is 0 Å². The van der Waals surface area contributed by atoms with Crippen LogP contribution >= 0.6 is 22.6 Å². The summed E-state index contributed by atoms with van der Waals surface area (Å²) in [6.45, 7) is 0. The van der Waals surface area contributed by atoms with Crippen molar-refractivity contribution in [2.75, 3.05) is 0 Å². The Bertz CT molecular complexity index is 590. The van der Waals surface area contributed by atoms with Gasteiger partial charge in [0.25, 0.3) is 0 Å². The smallest absolute Gasteiger partial charge is 0.316 e. The quantitative estimate of drug-likeness (QED) is 0.253.